The van der Waals surface area contributed by atoms with Crippen molar-refractivity contribution >= 4 is 17.6 Å². The summed E-state index contributed by atoms with van der Waals surface area (Å²) in [4.78, 5) is 26.9. The number of benzene rings is 3. The van der Waals surface area contributed by atoms with Crippen LogP contribution in [0.15, 0.2) is 66.2 Å². The first kappa shape index (κ1) is 31.4. The topological polar surface area (TPSA) is 55.8 Å². The van der Waals surface area contributed by atoms with Crippen LogP contribution in [-0.2, 0) is 15.7 Å². The van der Waals surface area contributed by atoms with Gasteiger partial charge in [-0.05, 0) is 115 Å². The van der Waals surface area contributed by atoms with Gasteiger partial charge in [0.15, 0.2) is 0 Å². The molecule has 2 aliphatic rings. The number of halogens is 3. The number of amides is 1. The minimum absolute atomic E-state index is 0.0289. The largest absolute Gasteiger partial charge is 0.465 e. The lowest BCUT2D eigenvalue weighted by Crippen LogP contribution is -2.35. The fourth-order valence-electron chi connectivity index (χ4n) is 6.53. The highest BCUT2D eigenvalue weighted by Gasteiger charge is 2.42. The molecule has 0 aromatic heterocycles. The van der Waals surface area contributed by atoms with E-state index in [1.54, 1.807) is 24.0 Å². The van der Waals surface area contributed by atoms with E-state index in [2.05, 4.69) is 26.0 Å². The highest BCUT2D eigenvalue weighted by molar-refractivity contribution is 5.90. The zero-order valence-corrected chi connectivity index (χ0v) is 26.0. The van der Waals surface area contributed by atoms with E-state index in [1.165, 1.54) is 12.7 Å². The van der Waals surface area contributed by atoms with E-state index in [-0.39, 0.29) is 11.4 Å². The van der Waals surface area contributed by atoms with Crippen molar-refractivity contribution in [1.82, 2.24) is 4.90 Å². The molecule has 0 unspecified atom stereocenters. The molecule has 5 nitrogen and oxygen atoms in total. The number of rotatable bonds is 6. The number of alkyl halides is 3. The molecule has 232 valence electrons. The molecule has 5 rings (SSSR count). The van der Waals surface area contributed by atoms with E-state index in [0.29, 0.717) is 23.2 Å². The van der Waals surface area contributed by atoms with Crippen LogP contribution in [0, 0.1) is 19.3 Å². The fourth-order valence-corrected chi connectivity index (χ4v) is 6.53. The Morgan fingerprint density at radius 1 is 1.05 bits per heavy atom. The number of hydrogen-bond donors (Lipinski definition) is 0. The number of allylic oxidation sites excluding steroid dienone is 1. The van der Waals surface area contributed by atoms with Crippen molar-refractivity contribution in [3.8, 4) is 11.1 Å². The van der Waals surface area contributed by atoms with Crippen LogP contribution in [0.2, 0.25) is 0 Å². The summed E-state index contributed by atoms with van der Waals surface area (Å²) in [7, 11) is 1.36. The smallest absolute Gasteiger partial charge is 0.416 e. The Bertz CT molecular complexity index is 1640. The van der Waals surface area contributed by atoms with Crippen LogP contribution in [0.4, 0.5) is 18.0 Å². The molecule has 1 amide bonds. The summed E-state index contributed by atoms with van der Waals surface area (Å²) in [5, 5.41) is 0. The maximum atomic E-state index is 13.6. The molecule has 2 atom stereocenters. The molecule has 1 aliphatic carbocycles. The van der Waals surface area contributed by atoms with Gasteiger partial charge in [-0.3, -0.25) is 4.90 Å². The highest BCUT2D eigenvalue weighted by Crippen LogP contribution is 2.45. The third kappa shape index (κ3) is 6.40. The highest BCUT2D eigenvalue weighted by atomic mass is 19.4. The summed E-state index contributed by atoms with van der Waals surface area (Å²) in [6.45, 7) is 10.2. The molecule has 0 bridgehead atoms. The Labute approximate surface area is 256 Å². The number of carbonyl (C=O) groups is 2. The number of methoxy groups -OCH3 is 1. The Balaban J connectivity index is 1.47. The van der Waals surface area contributed by atoms with Crippen LogP contribution in [0.1, 0.15) is 84.3 Å². The van der Waals surface area contributed by atoms with Crippen molar-refractivity contribution < 1.29 is 32.2 Å². The van der Waals surface area contributed by atoms with Crippen LogP contribution >= 0.6 is 0 Å². The standard InChI is InChI=1S/C36H38F3NO4/c1-21-14-27(18-29(15-21)36(37,38)39)32-23(3)40(34(42)44-32)20-28-19-35(4,5)13-12-31(28)25-9-7-8-24(17-25)30-11-10-26(16-22(30)2)33(41)43-6/h7-11,14-18,23,32H,12-13,19-20H2,1-6H3/t23-,32-/m0/s1. The zero-order valence-electron chi connectivity index (χ0n) is 26.0. The number of hydrogen-bond acceptors (Lipinski definition) is 4. The third-order valence-electron chi connectivity index (χ3n) is 8.85. The lowest BCUT2D eigenvalue weighted by Gasteiger charge is -2.35. The number of nitrogens with zero attached hydrogens (tertiary/aromatic N) is 1. The van der Waals surface area contributed by atoms with Gasteiger partial charge < -0.3 is 9.47 Å². The molecule has 8 heteroatoms. The molecule has 0 saturated carbocycles. The van der Waals surface area contributed by atoms with Crippen LogP contribution in [0.5, 0.6) is 0 Å². The Morgan fingerprint density at radius 3 is 2.45 bits per heavy atom. The van der Waals surface area contributed by atoms with E-state index in [9.17, 15) is 22.8 Å². The number of carbonyl (C=O) groups excluding carboxylic acids is 2. The first-order valence-corrected chi connectivity index (χ1v) is 14.8. The van der Waals surface area contributed by atoms with E-state index in [0.717, 1.165) is 59.2 Å². The lowest BCUT2D eigenvalue weighted by atomic mass is 9.72. The molecule has 3 aromatic carbocycles. The van der Waals surface area contributed by atoms with Gasteiger partial charge in [-0.2, -0.15) is 13.2 Å². The van der Waals surface area contributed by atoms with Gasteiger partial charge >= 0.3 is 18.2 Å². The minimum atomic E-state index is -4.49. The Hall–Kier alpha value is -4.07. The second kappa shape index (κ2) is 11.8. The first-order valence-electron chi connectivity index (χ1n) is 14.8. The second-order valence-corrected chi connectivity index (χ2v) is 12.8. The average molecular weight is 606 g/mol. The van der Waals surface area contributed by atoms with Crippen molar-refractivity contribution in [2.45, 2.75) is 72.2 Å². The Morgan fingerprint density at radius 2 is 1.77 bits per heavy atom. The lowest BCUT2D eigenvalue weighted by molar-refractivity contribution is -0.137. The van der Waals surface area contributed by atoms with Gasteiger partial charge in [-0.25, -0.2) is 9.59 Å². The molecule has 1 aliphatic heterocycles. The van der Waals surface area contributed by atoms with Gasteiger partial charge in [0.05, 0.1) is 24.3 Å². The summed E-state index contributed by atoms with van der Waals surface area (Å²) in [6.07, 6.45) is -3.22. The van der Waals surface area contributed by atoms with Crippen LogP contribution in [0.25, 0.3) is 16.7 Å². The van der Waals surface area contributed by atoms with Gasteiger partial charge in [0.1, 0.15) is 6.10 Å². The Kier molecular flexibility index (Phi) is 8.40. The first-order chi connectivity index (χ1) is 20.7. The maximum absolute atomic E-state index is 13.6. The molecule has 0 spiro atoms. The molecule has 0 N–H and O–H groups in total. The third-order valence-corrected chi connectivity index (χ3v) is 8.85. The molecule has 1 saturated heterocycles. The van der Waals surface area contributed by atoms with Crippen molar-refractivity contribution in [3.05, 3.63) is 99.6 Å². The molecular weight excluding hydrogens is 567 g/mol. The van der Waals surface area contributed by atoms with E-state index < -0.39 is 30.0 Å². The number of ether oxygens (including phenoxy) is 2. The summed E-state index contributed by atoms with van der Waals surface area (Å²) in [5.74, 6) is -0.381. The molecule has 44 heavy (non-hydrogen) atoms. The predicted molar refractivity (Wildman–Crippen MR) is 164 cm³/mol. The predicted octanol–water partition coefficient (Wildman–Crippen LogP) is 9.32. The van der Waals surface area contributed by atoms with Crippen LogP contribution < -0.4 is 0 Å². The van der Waals surface area contributed by atoms with Gasteiger partial charge in [0.2, 0.25) is 0 Å². The van der Waals surface area contributed by atoms with Crippen molar-refractivity contribution in [3.63, 3.8) is 0 Å². The second-order valence-electron chi connectivity index (χ2n) is 12.8. The van der Waals surface area contributed by atoms with Gasteiger partial charge in [0, 0.05) is 6.54 Å². The summed E-state index contributed by atoms with van der Waals surface area (Å²) in [5.41, 5.74) is 6.93. The van der Waals surface area contributed by atoms with Crippen molar-refractivity contribution in [2.24, 2.45) is 5.41 Å². The molecule has 1 heterocycles. The average Bonchev–Trinajstić information content (AvgIpc) is 3.24. The minimum Gasteiger partial charge on any atom is -0.465 e. The molecular formula is C36H38F3NO4. The number of aryl methyl sites for hydroxylation is 2. The van der Waals surface area contributed by atoms with Crippen LogP contribution in [-0.4, -0.2) is 36.7 Å². The SMILES string of the molecule is COC(=O)c1ccc(-c2cccc(C3=C(CN4C(=O)O[C@H](c5cc(C)cc(C(F)(F)F)c5)[C@@H]4C)CC(C)(C)CC3)c2)c(C)c1. The van der Waals surface area contributed by atoms with Gasteiger partial charge in [0.25, 0.3) is 0 Å². The molecule has 0 radical (unpaired) electrons. The van der Waals surface area contributed by atoms with Crippen LogP contribution in [0.3, 0.4) is 0 Å². The monoisotopic (exact) mass is 605 g/mol. The number of cyclic esters (lactones) is 1. The number of esters is 1. The quantitative estimate of drug-likeness (QED) is 0.263. The summed E-state index contributed by atoms with van der Waals surface area (Å²) < 4.78 is 51.2. The van der Waals surface area contributed by atoms with Crippen molar-refractivity contribution in [2.75, 3.05) is 13.7 Å². The zero-order chi connectivity index (χ0) is 32.0. The fraction of sp³-hybridized carbons (Fsp3) is 0.389. The maximum Gasteiger partial charge on any atom is 0.416 e. The normalized spacial score (nSPS) is 20.1. The van der Waals surface area contributed by atoms with Crippen molar-refractivity contribution in [1.29, 1.82) is 0 Å². The van der Waals surface area contributed by atoms with E-state index in [1.807, 2.05) is 38.1 Å². The molecule has 1 fully saturated rings. The van der Waals surface area contributed by atoms with E-state index >= 15 is 0 Å². The van der Waals surface area contributed by atoms with E-state index in [4.69, 9.17) is 9.47 Å². The summed E-state index contributed by atoms with van der Waals surface area (Å²) >= 11 is 0. The summed E-state index contributed by atoms with van der Waals surface area (Å²) in [6, 6.07) is 17.2. The van der Waals surface area contributed by atoms with Gasteiger partial charge in [-0.15, -0.1) is 0 Å². The van der Waals surface area contributed by atoms with Gasteiger partial charge in [-0.1, -0.05) is 49.7 Å². The molecule has 3 aromatic rings.